The monoisotopic (exact) mass is 1810 g/mol. The minimum Gasteiger partial charge on any atom is -0.446 e. The maximum absolute atomic E-state index is 14.7. The third-order valence-electron chi connectivity index (χ3n) is 21.5. The van der Waals surface area contributed by atoms with Gasteiger partial charge in [-0.3, -0.25) is 59.0 Å². The molecule has 2 aliphatic heterocycles. The fourth-order valence-electron chi connectivity index (χ4n) is 14.0. The Hall–Kier alpha value is -9.05. The SMILES string of the molecule is C.C.CCCO[C@H](C[C@H](C(C)C)N(COCC)C(=O)[C@@H](NC(=O)[C@H]1CCCCN1C)[C@@H](C)CC)c1nc(C(=O)N[C@@H](Cc2ccccc2)C(=O)NNC(=O)OCCOCCN)cs1.CCCO[C@H](C[C@H](C(C)C)N(COCC)C(=O)[C@@H](NC(=O)[C@H]1CCCCN1C)[C@@H](C)CC)c1nc(C(=O)N[C@@H](Cc2ccccc2)C(=O)NNC(=O)OCCOCCN=[N+]=[N-])cs1. The lowest BCUT2D eigenvalue weighted by atomic mass is 9.92. The summed E-state index contributed by atoms with van der Waals surface area (Å²) in [4.78, 5) is 155. The van der Waals surface area contributed by atoms with Crippen LogP contribution in [0.5, 0.6) is 0 Å². The minimum atomic E-state index is -1.12. The number of ether oxygens (including phenoxy) is 8. The molecular formula is C88H146N18O18S2. The molecule has 2 aliphatic rings. The molecule has 4 aromatic rings. The molecule has 708 valence electrons. The predicted octanol–water partition coefficient (Wildman–Crippen LogP) is 10.5. The van der Waals surface area contributed by atoms with Gasteiger partial charge in [0.15, 0.2) is 0 Å². The molecule has 2 aromatic heterocycles. The molecule has 38 heteroatoms. The van der Waals surface area contributed by atoms with Crippen LogP contribution in [-0.4, -0.2) is 257 Å². The molecule has 2 aromatic carbocycles. The van der Waals surface area contributed by atoms with Crippen molar-refractivity contribution in [3.8, 4) is 0 Å². The van der Waals surface area contributed by atoms with Crippen LogP contribution in [0.15, 0.2) is 76.5 Å². The van der Waals surface area contributed by atoms with Crippen molar-refractivity contribution in [2.45, 2.75) is 248 Å². The number of likely N-dealkylation sites (N-methyl/N-ethyl adjacent to an activating group) is 2. The number of hydrazine groups is 2. The Kier molecular flexibility index (Phi) is 54.9. The number of rotatable bonds is 53. The summed E-state index contributed by atoms with van der Waals surface area (Å²) < 4.78 is 45.1. The van der Waals surface area contributed by atoms with Crippen LogP contribution in [0.4, 0.5) is 9.59 Å². The van der Waals surface area contributed by atoms with E-state index < -0.39 is 78.2 Å². The summed E-state index contributed by atoms with van der Waals surface area (Å²) in [5.41, 5.74) is 24.4. The van der Waals surface area contributed by atoms with Gasteiger partial charge in [0.05, 0.1) is 38.5 Å². The highest BCUT2D eigenvalue weighted by atomic mass is 32.1. The van der Waals surface area contributed by atoms with Crippen LogP contribution < -0.4 is 48.7 Å². The number of nitrogens with one attached hydrogen (secondary N) is 8. The lowest BCUT2D eigenvalue weighted by Gasteiger charge is -2.40. The zero-order valence-corrected chi connectivity index (χ0v) is 76.6. The molecular weight excluding hydrogens is 1660 g/mol. The molecule has 4 heterocycles. The van der Waals surface area contributed by atoms with Gasteiger partial charge in [0.2, 0.25) is 23.6 Å². The standard InChI is InChI=1S/C43H68N10O9S.C43H70N8O9S.2CH4/c1-8-21-61-36(26-35(29(4)5)53(28-59-10-3)42(57)37(30(6)9-2)48-40(56)34-18-14-15-20-52(34)7)41-47-33(27-63-41)38(54)46-32(25-31-16-12-11-13-17-31)39(55)49-50-43(58)62-24-23-60-22-19-45-51-44;1-8-21-59-36(26-35(29(4)5)51(28-57-10-3)42(55)37(30(6)9-2)47-40(54)34-18-14-15-20-50(34)7)41-46-33(27-61-41)38(52)45-32(25-31-16-12-11-13-17-31)39(53)48-49-43(56)60-24-23-58-22-19-44;;/h11-13,16-17,27,29-30,32,34-37H,8-10,14-15,18-26,28H2,1-7H3,(H,46,54)(H,48,56)(H,49,55)(H,50,58);11-13,16-17,27,29-30,32,34-37H,8-10,14-15,18-26,28,44H2,1-7H3,(H,45,52)(H,47,54)(H,48,53)(H,49,56);2*1H4/t2*30-,32-,34+,35+,36+,37-;;/m00../s1. The van der Waals surface area contributed by atoms with Gasteiger partial charge in [-0.1, -0.05) is 176 Å². The first-order chi connectivity index (χ1) is 59.7. The first-order valence-electron chi connectivity index (χ1n) is 43.6. The van der Waals surface area contributed by atoms with Gasteiger partial charge in [-0.2, -0.15) is 0 Å². The molecule has 12 atom stereocenters. The van der Waals surface area contributed by atoms with Gasteiger partial charge >= 0.3 is 12.2 Å². The van der Waals surface area contributed by atoms with E-state index >= 15 is 0 Å². The van der Waals surface area contributed by atoms with Gasteiger partial charge in [-0.05, 0) is 120 Å². The second kappa shape index (κ2) is 62.2. The summed E-state index contributed by atoms with van der Waals surface area (Å²) in [6.45, 7) is 28.1. The van der Waals surface area contributed by atoms with E-state index in [4.69, 9.17) is 59.1 Å². The van der Waals surface area contributed by atoms with Gasteiger partial charge in [0.25, 0.3) is 23.6 Å². The largest absolute Gasteiger partial charge is 0.446 e. The van der Waals surface area contributed by atoms with E-state index in [1.807, 2.05) is 158 Å². The molecule has 0 aliphatic carbocycles. The Balaban J connectivity index is 0.000000640. The lowest BCUT2D eigenvalue weighted by Crippen LogP contribution is -2.59. The maximum atomic E-state index is 14.7. The second-order valence-corrected chi connectivity index (χ2v) is 33.2. The number of nitrogens with two attached hydrogens (primary N) is 1. The third kappa shape index (κ3) is 38.5. The van der Waals surface area contributed by atoms with E-state index in [0.717, 1.165) is 69.2 Å². The van der Waals surface area contributed by atoms with Crippen LogP contribution in [0.25, 0.3) is 10.4 Å². The molecule has 0 bridgehead atoms. The molecule has 2 fully saturated rings. The molecule has 126 heavy (non-hydrogen) atoms. The Labute approximate surface area is 753 Å². The van der Waals surface area contributed by atoms with Crippen LogP contribution in [0.3, 0.4) is 0 Å². The highest BCUT2D eigenvalue weighted by molar-refractivity contribution is 7.10. The summed E-state index contributed by atoms with van der Waals surface area (Å²) in [7, 11) is 3.90. The minimum absolute atomic E-state index is 0. The Morgan fingerprint density at radius 1 is 0.532 bits per heavy atom. The van der Waals surface area contributed by atoms with Crippen molar-refractivity contribution in [2.75, 3.05) is 120 Å². The van der Waals surface area contributed by atoms with E-state index in [2.05, 4.69) is 62.8 Å². The van der Waals surface area contributed by atoms with Crippen LogP contribution in [0.2, 0.25) is 0 Å². The highest BCUT2D eigenvalue weighted by Crippen LogP contribution is 2.35. The average molecular weight is 1810 g/mol. The number of hydrogen-bond acceptors (Lipinski definition) is 26. The first-order valence-corrected chi connectivity index (χ1v) is 45.4. The number of azide groups is 1. The number of amides is 10. The number of carbonyl (C=O) groups excluding carboxylic acids is 10. The van der Waals surface area contributed by atoms with Crippen molar-refractivity contribution >= 4 is 82.1 Å². The average Bonchev–Trinajstić information content (AvgIpc) is 1.23. The summed E-state index contributed by atoms with van der Waals surface area (Å²) in [5, 5.41) is 19.4. The van der Waals surface area contributed by atoms with E-state index in [1.54, 1.807) is 20.6 Å². The summed E-state index contributed by atoms with van der Waals surface area (Å²) >= 11 is 2.49. The normalized spacial score (nSPS) is 16.3. The zero-order chi connectivity index (χ0) is 90.9. The van der Waals surface area contributed by atoms with Crippen LogP contribution >= 0.6 is 22.7 Å². The fraction of sp³-hybridized carbons (Fsp3) is 0.682. The Morgan fingerprint density at radius 2 is 0.929 bits per heavy atom. The predicted molar refractivity (Wildman–Crippen MR) is 485 cm³/mol. The van der Waals surface area contributed by atoms with Gasteiger partial charge in [0.1, 0.15) is 84.5 Å². The molecule has 0 unspecified atom stereocenters. The number of thiazole rings is 2. The van der Waals surface area contributed by atoms with Gasteiger partial charge < -0.3 is 74.7 Å². The van der Waals surface area contributed by atoms with E-state index in [1.165, 1.54) is 22.7 Å². The van der Waals surface area contributed by atoms with Crippen molar-refractivity contribution in [1.82, 2.24) is 72.5 Å². The number of carbonyl (C=O) groups is 10. The van der Waals surface area contributed by atoms with Crippen molar-refractivity contribution < 1.29 is 85.8 Å². The van der Waals surface area contributed by atoms with Crippen molar-refractivity contribution in [3.05, 3.63) is 114 Å². The van der Waals surface area contributed by atoms with Crippen LogP contribution in [0.1, 0.15) is 229 Å². The quantitative estimate of drug-likeness (QED) is 0.00495. The van der Waals surface area contributed by atoms with E-state index in [-0.39, 0.29) is 158 Å². The zero-order valence-electron chi connectivity index (χ0n) is 75.0. The smallest absolute Gasteiger partial charge is 0.426 e. The fourth-order valence-corrected chi connectivity index (χ4v) is 15.7. The topological polar surface area (TPSA) is 454 Å². The maximum Gasteiger partial charge on any atom is 0.426 e. The number of benzene rings is 2. The Bertz CT molecular complexity index is 3880. The van der Waals surface area contributed by atoms with E-state index in [0.29, 0.717) is 81.7 Å². The van der Waals surface area contributed by atoms with E-state index in [9.17, 15) is 47.9 Å². The summed E-state index contributed by atoms with van der Waals surface area (Å²) in [6, 6.07) is 13.1. The molecule has 0 radical (unpaired) electrons. The molecule has 0 spiro atoms. The second-order valence-electron chi connectivity index (χ2n) is 31.4. The molecule has 36 nitrogen and oxygen atoms in total. The summed E-state index contributed by atoms with van der Waals surface area (Å²) in [6.07, 6.45) is 6.12. The summed E-state index contributed by atoms with van der Waals surface area (Å²) in [5.74, 6) is -3.73. The third-order valence-corrected chi connectivity index (χ3v) is 23.3. The van der Waals surface area contributed by atoms with Crippen molar-refractivity contribution in [3.63, 3.8) is 0 Å². The van der Waals surface area contributed by atoms with Gasteiger partial charge in [-0.15, -0.1) is 22.7 Å². The molecule has 10 amide bonds. The Morgan fingerprint density at radius 3 is 1.28 bits per heavy atom. The van der Waals surface area contributed by atoms with Gasteiger partial charge in [0, 0.05) is 93.0 Å². The molecule has 10 N–H and O–H groups in total. The highest BCUT2D eigenvalue weighted by Gasteiger charge is 2.42. The van der Waals surface area contributed by atoms with Crippen LogP contribution in [0, 0.1) is 23.7 Å². The number of nitrogens with zero attached hydrogens (tertiary/aromatic N) is 9. The first kappa shape index (κ1) is 111. The molecule has 2 saturated heterocycles. The number of likely N-dealkylation sites (tertiary alicyclic amines) is 2. The lowest BCUT2D eigenvalue weighted by molar-refractivity contribution is -0.149. The number of hydrogen-bond donors (Lipinski definition) is 9. The van der Waals surface area contributed by atoms with Crippen molar-refractivity contribution in [2.24, 2.45) is 34.5 Å². The number of aromatic nitrogens is 2. The van der Waals surface area contributed by atoms with Gasteiger partial charge in [-0.25, -0.2) is 30.4 Å². The van der Waals surface area contributed by atoms with Crippen molar-refractivity contribution in [1.29, 1.82) is 0 Å². The molecule has 0 saturated carbocycles. The van der Waals surface area contributed by atoms with Crippen LogP contribution in [-0.2, 0) is 79.5 Å². The molecule has 6 rings (SSSR count). The number of piperidine rings is 2.